The molecule has 0 aliphatic rings. The largest absolute Gasteiger partial charge is 0.394 e. The van der Waals surface area contributed by atoms with Gasteiger partial charge < -0.3 is 20.6 Å². The van der Waals surface area contributed by atoms with Gasteiger partial charge in [-0.3, -0.25) is 4.79 Å². The summed E-state index contributed by atoms with van der Waals surface area (Å²) in [7, 11) is 0. The predicted molar refractivity (Wildman–Crippen MR) is 199 cm³/mol. The van der Waals surface area contributed by atoms with Gasteiger partial charge in [0, 0.05) is 0 Å². The van der Waals surface area contributed by atoms with Gasteiger partial charge in [-0.15, -0.1) is 0 Å². The normalized spacial score (nSPS) is 13.9. The van der Waals surface area contributed by atoms with E-state index in [0.717, 1.165) is 19.3 Å². The maximum Gasteiger partial charge on any atom is 0.249 e. The topological polar surface area (TPSA) is 89.8 Å². The molecule has 0 aromatic rings. The number of rotatable bonds is 36. The van der Waals surface area contributed by atoms with Gasteiger partial charge in [-0.1, -0.05) is 192 Å². The van der Waals surface area contributed by atoms with Crippen molar-refractivity contribution in [3.63, 3.8) is 0 Å². The number of aliphatic hydroxyl groups excluding tert-OH is 3. The Hall–Kier alpha value is -1.17. The minimum atomic E-state index is -1.14. The molecule has 1 amide bonds. The summed E-state index contributed by atoms with van der Waals surface area (Å²) in [6.45, 7) is 4.11. The third-order valence-corrected chi connectivity index (χ3v) is 9.29. The van der Waals surface area contributed by atoms with Gasteiger partial charge >= 0.3 is 0 Å². The second-order valence-electron chi connectivity index (χ2n) is 13.8. The lowest BCUT2D eigenvalue weighted by atomic mass is 10.0. The van der Waals surface area contributed by atoms with Gasteiger partial charge in [-0.05, 0) is 38.5 Å². The first-order valence-electron chi connectivity index (χ1n) is 20.2. The van der Waals surface area contributed by atoms with E-state index in [4.69, 9.17) is 0 Å². The fourth-order valence-electron chi connectivity index (χ4n) is 6.07. The molecule has 0 rings (SSSR count). The maximum atomic E-state index is 12.3. The van der Waals surface area contributed by atoms with E-state index in [1.165, 1.54) is 161 Å². The summed E-state index contributed by atoms with van der Waals surface area (Å²) in [6.07, 6.45) is 43.8. The molecule has 46 heavy (non-hydrogen) atoms. The highest BCUT2D eigenvalue weighted by Gasteiger charge is 2.22. The molecule has 0 saturated heterocycles. The molecule has 5 heteroatoms. The van der Waals surface area contributed by atoms with Crippen molar-refractivity contribution in [2.45, 2.75) is 225 Å². The molecular weight excluding hydrogens is 570 g/mol. The zero-order chi connectivity index (χ0) is 33.8. The molecule has 0 saturated carbocycles. The molecule has 0 aliphatic heterocycles. The van der Waals surface area contributed by atoms with E-state index in [-0.39, 0.29) is 6.61 Å². The van der Waals surface area contributed by atoms with E-state index in [1.54, 1.807) is 6.08 Å². The smallest absolute Gasteiger partial charge is 0.249 e. The highest BCUT2D eigenvalue weighted by atomic mass is 16.3. The van der Waals surface area contributed by atoms with E-state index in [2.05, 4.69) is 25.2 Å². The van der Waals surface area contributed by atoms with Gasteiger partial charge in [0.2, 0.25) is 5.91 Å². The Labute approximate surface area is 286 Å². The molecule has 0 fully saturated rings. The number of amides is 1. The molecular formula is C41H79NO4. The summed E-state index contributed by atoms with van der Waals surface area (Å²) in [5.41, 5.74) is 0. The number of hydrogen-bond acceptors (Lipinski definition) is 4. The standard InChI is InChI=1S/C41H79NO4/c1-3-5-7-9-11-13-14-15-16-17-18-19-20-21-22-23-24-25-26-27-28-30-31-33-35-39(44)38(37-43)42-41(46)40(45)36-34-32-29-12-10-8-6-4-2/h29,32-33,35,38-40,43-45H,3-28,30-31,34,36-37H2,1-2H3,(H,42,46)/b32-29-,35-33+. The molecule has 0 radical (unpaired) electrons. The fraction of sp³-hybridized carbons (Fsp3) is 0.878. The fourth-order valence-corrected chi connectivity index (χ4v) is 6.07. The second kappa shape index (κ2) is 36.7. The number of carbonyl (C=O) groups excluding carboxylic acids is 1. The van der Waals surface area contributed by atoms with Crippen LogP contribution in [0, 0.1) is 0 Å². The Balaban J connectivity index is 3.60. The molecule has 272 valence electrons. The lowest BCUT2D eigenvalue weighted by Gasteiger charge is -2.21. The minimum Gasteiger partial charge on any atom is -0.394 e. The van der Waals surface area contributed by atoms with Gasteiger partial charge in [0.25, 0.3) is 0 Å². The summed E-state index contributed by atoms with van der Waals surface area (Å²) in [5, 5.41) is 32.8. The lowest BCUT2D eigenvalue weighted by Crippen LogP contribution is -2.48. The van der Waals surface area contributed by atoms with Crippen LogP contribution in [-0.2, 0) is 4.79 Å². The Bertz CT molecular complexity index is 679. The van der Waals surface area contributed by atoms with Crippen LogP contribution in [0.5, 0.6) is 0 Å². The van der Waals surface area contributed by atoms with Gasteiger partial charge in [-0.25, -0.2) is 0 Å². The van der Waals surface area contributed by atoms with E-state index in [9.17, 15) is 20.1 Å². The minimum absolute atomic E-state index is 0.334. The monoisotopic (exact) mass is 650 g/mol. The number of aliphatic hydroxyl groups is 3. The van der Waals surface area contributed by atoms with Crippen molar-refractivity contribution in [3.05, 3.63) is 24.3 Å². The highest BCUT2D eigenvalue weighted by Crippen LogP contribution is 2.16. The molecule has 0 aliphatic carbocycles. The van der Waals surface area contributed by atoms with Crippen molar-refractivity contribution < 1.29 is 20.1 Å². The average Bonchev–Trinajstić information content (AvgIpc) is 3.06. The zero-order valence-corrected chi connectivity index (χ0v) is 30.7. The van der Waals surface area contributed by atoms with Crippen LogP contribution in [0.25, 0.3) is 0 Å². The Morgan fingerprint density at radius 3 is 1.28 bits per heavy atom. The van der Waals surface area contributed by atoms with Crippen LogP contribution in [-0.4, -0.2) is 46.1 Å². The summed E-state index contributed by atoms with van der Waals surface area (Å²) < 4.78 is 0. The van der Waals surface area contributed by atoms with Crippen molar-refractivity contribution in [3.8, 4) is 0 Å². The number of hydrogen-bond donors (Lipinski definition) is 4. The molecule has 0 bridgehead atoms. The molecule has 3 unspecified atom stereocenters. The number of allylic oxidation sites excluding steroid dienone is 3. The predicted octanol–water partition coefficient (Wildman–Crippen LogP) is 11.0. The van der Waals surface area contributed by atoms with Crippen LogP contribution in [0.3, 0.4) is 0 Å². The van der Waals surface area contributed by atoms with Crippen LogP contribution in [0.1, 0.15) is 206 Å². The third-order valence-electron chi connectivity index (χ3n) is 9.29. The molecule has 4 N–H and O–H groups in total. The third kappa shape index (κ3) is 31.4. The average molecular weight is 650 g/mol. The first-order valence-corrected chi connectivity index (χ1v) is 20.2. The number of carbonyl (C=O) groups is 1. The quantitative estimate of drug-likeness (QED) is 0.0401. The summed E-state index contributed by atoms with van der Waals surface area (Å²) in [4.78, 5) is 12.3. The van der Waals surface area contributed by atoms with E-state index < -0.39 is 24.2 Å². The molecule has 3 atom stereocenters. The van der Waals surface area contributed by atoms with Gasteiger partial charge in [0.15, 0.2) is 0 Å². The van der Waals surface area contributed by atoms with Crippen LogP contribution >= 0.6 is 0 Å². The lowest BCUT2D eigenvalue weighted by molar-refractivity contribution is -0.131. The van der Waals surface area contributed by atoms with Crippen molar-refractivity contribution in [2.75, 3.05) is 6.61 Å². The molecule has 0 aromatic heterocycles. The summed E-state index contributed by atoms with van der Waals surface area (Å²) in [5.74, 6) is -0.539. The summed E-state index contributed by atoms with van der Waals surface area (Å²) in [6, 6.07) is -0.808. The van der Waals surface area contributed by atoms with Gasteiger partial charge in [0.05, 0.1) is 18.8 Å². The van der Waals surface area contributed by atoms with Crippen LogP contribution in [0.2, 0.25) is 0 Å². The summed E-state index contributed by atoms with van der Waals surface area (Å²) >= 11 is 0. The van der Waals surface area contributed by atoms with Crippen molar-refractivity contribution in [2.24, 2.45) is 0 Å². The first kappa shape index (κ1) is 44.8. The number of unbranched alkanes of at least 4 members (excludes halogenated alkanes) is 26. The van der Waals surface area contributed by atoms with Gasteiger partial charge in [0.1, 0.15) is 6.10 Å². The molecule has 0 heterocycles. The maximum absolute atomic E-state index is 12.3. The van der Waals surface area contributed by atoms with Crippen LogP contribution in [0.4, 0.5) is 0 Å². The Morgan fingerprint density at radius 1 is 0.522 bits per heavy atom. The van der Waals surface area contributed by atoms with Crippen LogP contribution < -0.4 is 5.32 Å². The Morgan fingerprint density at radius 2 is 0.870 bits per heavy atom. The second-order valence-corrected chi connectivity index (χ2v) is 13.8. The van der Waals surface area contributed by atoms with Crippen molar-refractivity contribution in [1.82, 2.24) is 5.32 Å². The van der Waals surface area contributed by atoms with Crippen molar-refractivity contribution in [1.29, 1.82) is 0 Å². The van der Waals surface area contributed by atoms with E-state index in [0.29, 0.717) is 12.8 Å². The molecule has 0 aromatic carbocycles. The molecule has 5 nitrogen and oxygen atoms in total. The SMILES string of the molecule is CCCCCC/C=C\CCC(O)C(=O)NC(CO)C(O)/C=C/CCCCCCCCCCCCCCCCCCCCCCCC. The van der Waals surface area contributed by atoms with Crippen molar-refractivity contribution >= 4 is 5.91 Å². The van der Waals surface area contributed by atoms with E-state index in [1.807, 2.05) is 12.2 Å². The van der Waals surface area contributed by atoms with Gasteiger partial charge in [-0.2, -0.15) is 0 Å². The zero-order valence-electron chi connectivity index (χ0n) is 30.7. The molecule has 0 spiro atoms. The first-order chi connectivity index (χ1) is 22.6. The van der Waals surface area contributed by atoms with Crippen LogP contribution in [0.15, 0.2) is 24.3 Å². The number of nitrogens with one attached hydrogen (secondary N) is 1. The Kier molecular flexibility index (Phi) is 35.7. The highest BCUT2D eigenvalue weighted by molar-refractivity contribution is 5.80. The van der Waals surface area contributed by atoms with E-state index >= 15 is 0 Å².